The minimum atomic E-state index is -1.93. The van der Waals surface area contributed by atoms with Gasteiger partial charge in [0.25, 0.3) is 0 Å². The summed E-state index contributed by atoms with van der Waals surface area (Å²) in [5.74, 6) is -2.66. The molecule has 6 aliphatic rings. The first kappa shape index (κ1) is 48.2. The monoisotopic (exact) mass is 860 g/mol. The van der Waals surface area contributed by atoms with Crippen molar-refractivity contribution in [1.29, 1.82) is 0 Å². The van der Waals surface area contributed by atoms with Crippen LogP contribution in [0.25, 0.3) is 0 Å². The third-order valence-electron chi connectivity index (χ3n) is 13.7. The van der Waals surface area contributed by atoms with Crippen molar-refractivity contribution in [3.8, 4) is 0 Å². The lowest BCUT2D eigenvalue weighted by Gasteiger charge is -2.48. The van der Waals surface area contributed by atoms with Crippen molar-refractivity contribution in [2.75, 3.05) is 21.3 Å². The van der Waals surface area contributed by atoms with Crippen molar-refractivity contribution in [3.63, 3.8) is 0 Å². The highest BCUT2D eigenvalue weighted by Gasteiger charge is 2.54. The predicted octanol–water partition coefficient (Wildman–Crippen LogP) is 5.23. The number of carbonyl (C=O) groups excluding carboxylic acids is 1. The fourth-order valence-electron chi connectivity index (χ4n) is 9.78. The summed E-state index contributed by atoms with van der Waals surface area (Å²) < 4.78 is 62.8. The third-order valence-corrected chi connectivity index (χ3v) is 13.7. The normalized spacial score (nSPS) is 48.0. The Hall–Kier alpha value is -2.31. The van der Waals surface area contributed by atoms with Gasteiger partial charge in [0.2, 0.25) is 0 Å². The van der Waals surface area contributed by atoms with E-state index < -0.39 is 90.8 Å². The third kappa shape index (κ3) is 10.8. The molecular weight excluding hydrogens is 789 g/mol. The Kier molecular flexibility index (Phi) is 16.3. The number of allylic oxidation sites excluding steroid dienone is 2. The fourth-order valence-corrected chi connectivity index (χ4v) is 9.78. The topological polar surface area (TPSA) is 170 Å². The van der Waals surface area contributed by atoms with Crippen LogP contribution in [0.5, 0.6) is 0 Å². The number of ether oxygens (including phenoxy) is 10. The predicted molar refractivity (Wildman–Crippen MR) is 225 cm³/mol. The molecule has 3 fully saturated rings. The molecule has 1 spiro atoms. The lowest BCUT2D eigenvalue weighted by atomic mass is 9.73. The van der Waals surface area contributed by atoms with Crippen LogP contribution in [0.2, 0.25) is 0 Å². The molecule has 1 aliphatic carbocycles. The molecule has 6 rings (SSSR count). The van der Waals surface area contributed by atoms with E-state index in [-0.39, 0.29) is 42.5 Å². The van der Waals surface area contributed by atoms with Crippen molar-refractivity contribution in [2.24, 2.45) is 23.7 Å². The molecule has 0 aromatic rings. The summed E-state index contributed by atoms with van der Waals surface area (Å²) in [6.45, 7) is 13.9. The van der Waals surface area contributed by atoms with Crippen LogP contribution in [0.3, 0.4) is 0 Å². The molecule has 0 aromatic heterocycles. The molecule has 0 saturated carbocycles. The average molecular weight is 861 g/mol. The van der Waals surface area contributed by atoms with Crippen LogP contribution < -0.4 is 0 Å². The SMILES string of the molecule is CC[C@H](C)[C@H]1O[C@]2(C=C[C@@H]1C)C[C@@H]1C[C@@H](C/C=C/[C@@H](O[C@H]3C[C@H](OC)[C@@H](O[C@H]4C[C@H](OC)[C@@H](O)[C@H](C)O4)[C@H](C)O3)[C@@H](C)/C=C/C=C/[C@]3(O)[C@H](OC)[C@H](O)C(C)=C[C@H]3C(=O)O1)O2. The summed E-state index contributed by atoms with van der Waals surface area (Å²) in [5.41, 5.74) is -1.43. The summed E-state index contributed by atoms with van der Waals surface area (Å²) in [6, 6.07) is 0. The maximum absolute atomic E-state index is 14.2. The Morgan fingerprint density at radius 3 is 2.25 bits per heavy atom. The fraction of sp³-hybridized carbons (Fsp3) is 0.766. The lowest BCUT2D eigenvalue weighted by molar-refractivity contribution is -0.318. The molecule has 0 amide bonds. The second-order valence-corrected chi connectivity index (χ2v) is 18.1. The van der Waals surface area contributed by atoms with Gasteiger partial charge in [-0.1, -0.05) is 76.6 Å². The summed E-state index contributed by atoms with van der Waals surface area (Å²) >= 11 is 0. The van der Waals surface area contributed by atoms with E-state index in [2.05, 4.69) is 26.8 Å². The van der Waals surface area contributed by atoms with E-state index in [9.17, 15) is 20.1 Å². The zero-order valence-electron chi connectivity index (χ0n) is 37.7. The van der Waals surface area contributed by atoms with Gasteiger partial charge in [-0.05, 0) is 50.8 Å². The van der Waals surface area contributed by atoms with E-state index in [1.165, 1.54) is 13.2 Å². The average Bonchev–Trinajstić information content (AvgIpc) is 3.22. The Morgan fingerprint density at radius 1 is 0.836 bits per heavy atom. The number of fused-ring (bicyclic) bond motifs is 3. The molecule has 0 radical (unpaired) electrons. The van der Waals surface area contributed by atoms with Gasteiger partial charge < -0.3 is 62.7 Å². The van der Waals surface area contributed by atoms with Crippen molar-refractivity contribution in [2.45, 2.75) is 184 Å². The molecule has 2 bridgehead atoms. The number of hydrogen-bond acceptors (Lipinski definition) is 14. The Labute approximate surface area is 362 Å². The van der Waals surface area contributed by atoms with Crippen LogP contribution in [0.4, 0.5) is 0 Å². The van der Waals surface area contributed by atoms with Gasteiger partial charge in [0.15, 0.2) is 18.4 Å². The molecule has 344 valence electrons. The number of esters is 1. The zero-order valence-corrected chi connectivity index (χ0v) is 37.7. The number of rotatable bonds is 9. The molecule has 5 heterocycles. The molecular formula is C47H72O14. The van der Waals surface area contributed by atoms with Gasteiger partial charge in [-0.3, -0.25) is 4.79 Å². The van der Waals surface area contributed by atoms with E-state index in [1.807, 2.05) is 38.2 Å². The molecule has 0 aromatic carbocycles. The van der Waals surface area contributed by atoms with Crippen LogP contribution in [0.1, 0.15) is 87.0 Å². The van der Waals surface area contributed by atoms with Gasteiger partial charge >= 0.3 is 5.97 Å². The summed E-state index contributed by atoms with van der Waals surface area (Å²) in [5, 5.41) is 33.9. The first-order valence-electron chi connectivity index (χ1n) is 22.3. The van der Waals surface area contributed by atoms with Crippen LogP contribution in [0.15, 0.2) is 60.3 Å². The van der Waals surface area contributed by atoms with Crippen molar-refractivity contribution >= 4 is 5.97 Å². The number of aliphatic hydroxyl groups is 3. The molecule has 61 heavy (non-hydrogen) atoms. The first-order chi connectivity index (χ1) is 29.0. The van der Waals surface area contributed by atoms with E-state index in [0.717, 1.165) is 6.42 Å². The van der Waals surface area contributed by atoms with Crippen molar-refractivity contribution < 1.29 is 67.5 Å². The van der Waals surface area contributed by atoms with Gasteiger partial charge in [-0.25, -0.2) is 0 Å². The molecule has 0 unspecified atom stereocenters. The maximum atomic E-state index is 14.2. The number of methoxy groups -OCH3 is 3. The van der Waals surface area contributed by atoms with Crippen molar-refractivity contribution in [3.05, 3.63) is 60.3 Å². The van der Waals surface area contributed by atoms with Crippen LogP contribution >= 0.6 is 0 Å². The Bertz CT molecular complexity index is 1610. The first-order valence-corrected chi connectivity index (χ1v) is 22.3. The van der Waals surface area contributed by atoms with Gasteiger partial charge in [-0.2, -0.15) is 0 Å². The summed E-state index contributed by atoms with van der Waals surface area (Å²) in [7, 11) is 4.61. The van der Waals surface area contributed by atoms with E-state index in [4.69, 9.17) is 47.4 Å². The highest BCUT2D eigenvalue weighted by molar-refractivity contribution is 5.78. The molecule has 5 aliphatic heterocycles. The smallest absolute Gasteiger partial charge is 0.316 e. The quantitative estimate of drug-likeness (QED) is 0.203. The van der Waals surface area contributed by atoms with Gasteiger partial charge in [0.1, 0.15) is 42.0 Å². The molecule has 3 N–H and O–H groups in total. The van der Waals surface area contributed by atoms with Gasteiger partial charge in [-0.15, -0.1) is 0 Å². The standard InChI is InChI=1S/C47H72O14/c1-11-26(2)42-28(4)18-20-46(61-42)25-33-22-32(60-46)16-14-17-35(27(3)15-12-13-19-47(51)34(45(50)57-33)21-29(5)40(48)44(47)54-10)58-38-24-37(53-9)43(31(7)56-38)59-39-23-36(52-8)41(49)30(6)55-39/h12-15,17-21,26-28,30-44,48-49,51H,11,16,22-25H2,1-10H3/b15-12+,17-14+,19-13+/t26-,27-,28-,30-,31-,32+,33-,34-,35+,36-,37-,38-,39-,40+,41-,42+,43-,44+,46+,47+/m0/s1. The van der Waals surface area contributed by atoms with Crippen LogP contribution in [-0.2, 0) is 52.2 Å². The Morgan fingerprint density at radius 2 is 1.54 bits per heavy atom. The minimum absolute atomic E-state index is 0.0974. The molecule has 3 saturated heterocycles. The zero-order chi connectivity index (χ0) is 44.2. The maximum Gasteiger partial charge on any atom is 0.316 e. The highest BCUT2D eigenvalue weighted by atomic mass is 16.7. The number of carbonyl (C=O) groups is 1. The second-order valence-electron chi connectivity index (χ2n) is 18.1. The van der Waals surface area contributed by atoms with E-state index >= 15 is 0 Å². The molecule has 14 nitrogen and oxygen atoms in total. The van der Waals surface area contributed by atoms with Crippen LogP contribution in [0, 0.1) is 23.7 Å². The van der Waals surface area contributed by atoms with Crippen LogP contribution in [-0.4, -0.2) is 140 Å². The Balaban J connectivity index is 1.28. The minimum Gasteiger partial charge on any atom is -0.462 e. The number of aliphatic hydroxyl groups excluding tert-OH is 2. The molecule has 14 heteroatoms. The van der Waals surface area contributed by atoms with E-state index in [1.54, 1.807) is 46.3 Å². The number of hydrogen-bond donors (Lipinski definition) is 3. The van der Waals surface area contributed by atoms with Gasteiger partial charge in [0, 0.05) is 58.8 Å². The van der Waals surface area contributed by atoms with E-state index in [0.29, 0.717) is 31.3 Å². The molecule has 20 atom stereocenters. The highest BCUT2D eigenvalue weighted by Crippen LogP contribution is 2.43. The van der Waals surface area contributed by atoms with Crippen molar-refractivity contribution in [1.82, 2.24) is 0 Å². The lowest BCUT2D eigenvalue weighted by Crippen LogP contribution is -2.59. The second kappa shape index (κ2) is 20.7. The summed E-state index contributed by atoms with van der Waals surface area (Å²) in [6.07, 6.45) is 11.5. The largest absolute Gasteiger partial charge is 0.462 e. The summed E-state index contributed by atoms with van der Waals surface area (Å²) in [4.78, 5) is 14.2. The van der Waals surface area contributed by atoms with Gasteiger partial charge in [0.05, 0.1) is 42.7 Å².